The largest absolute Gasteiger partial charge is 0.361 e. The summed E-state index contributed by atoms with van der Waals surface area (Å²) in [4.78, 5) is 17.6. The normalized spacial score (nSPS) is 10.8. The molecule has 0 aliphatic carbocycles. The fourth-order valence-electron chi connectivity index (χ4n) is 2.93. The van der Waals surface area contributed by atoms with Gasteiger partial charge in [0, 0.05) is 36.6 Å². The lowest BCUT2D eigenvalue weighted by Gasteiger charge is -2.21. The van der Waals surface area contributed by atoms with Gasteiger partial charge in [-0.15, -0.1) is 6.58 Å². The van der Waals surface area contributed by atoms with Gasteiger partial charge in [0.2, 0.25) is 5.91 Å². The summed E-state index contributed by atoms with van der Waals surface area (Å²) in [6.07, 6.45) is 9.96. The standard InChI is InChI=1S/C20H28N2O/c1-3-5-6-7-12-20(23)22(14-4-2)15-13-17-16-21-19-11-9-8-10-18(17)19/h4,8-11,16,21H,2-3,5-7,12-15H2,1H3. The van der Waals surface area contributed by atoms with Crippen LogP contribution in [0.1, 0.15) is 44.6 Å². The van der Waals surface area contributed by atoms with Crippen LogP contribution < -0.4 is 0 Å². The van der Waals surface area contributed by atoms with Crippen molar-refractivity contribution in [1.29, 1.82) is 0 Å². The topological polar surface area (TPSA) is 36.1 Å². The number of aromatic nitrogens is 1. The second kappa shape index (κ2) is 9.19. The van der Waals surface area contributed by atoms with E-state index >= 15 is 0 Å². The minimum Gasteiger partial charge on any atom is -0.361 e. The molecule has 3 nitrogen and oxygen atoms in total. The maximum absolute atomic E-state index is 12.4. The number of amides is 1. The first kappa shape index (κ1) is 17.3. The molecule has 23 heavy (non-hydrogen) atoms. The quantitative estimate of drug-likeness (QED) is 0.501. The lowest BCUT2D eigenvalue weighted by atomic mass is 10.1. The number of hydrogen-bond acceptors (Lipinski definition) is 1. The summed E-state index contributed by atoms with van der Waals surface area (Å²) in [7, 11) is 0. The van der Waals surface area contributed by atoms with Crippen LogP contribution in [0.4, 0.5) is 0 Å². The maximum atomic E-state index is 12.4. The summed E-state index contributed by atoms with van der Waals surface area (Å²) < 4.78 is 0. The van der Waals surface area contributed by atoms with Crippen LogP contribution >= 0.6 is 0 Å². The van der Waals surface area contributed by atoms with Gasteiger partial charge in [0.05, 0.1) is 0 Å². The van der Waals surface area contributed by atoms with Crippen LogP contribution in [0.3, 0.4) is 0 Å². The number of para-hydroxylation sites is 1. The van der Waals surface area contributed by atoms with Crippen molar-refractivity contribution in [3.05, 3.63) is 48.7 Å². The zero-order chi connectivity index (χ0) is 16.5. The molecule has 0 aliphatic rings. The highest BCUT2D eigenvalue weighted by Crippen LogP contribution is 2.18. The van der Waals surface area contributed by atoms with Gasteiger partial charge >= 0.3 is 0 Å². The van der Waals surface area contributed by atoms with Crippen LogP contribution in [0.15, 0.2) is 43.1 Å². The van der Waals surface area contributed by atoms with Crippen molar-refractivity contribution >= 4 is 16.8 Å². The average Bonchev–Trinajstić information content (AvgIpc) is 2.98. The number of aromatic amines is 1. The van der Waals surface area contributed by atoms with E-state index in [0.29, 0.717) is 13.0 Å². The molecule has 2 aromatic rings. The second-order valence-corrected chi connectivity index (χ2v) is 6.05. The monoisotopic (exact) mass is 312 g/mol. The first-order chi connectivity index (χ1) is 11.3. The van der Waals surface area contributed by atoms with Gasteiger partial charge in [-0.2, -0.15) is 0 Å². The minimum atomic E-state index is 0.251. The smallest absolute Gasteiger partial charge is 0.222 e. The first-order valence-corrected chi connectivity index (χ1v) is 8.70. The number of unbranched alkanes of at least 4 members (excludes halogenated alkanes) is 3. The Morgan fingerprint density at radius 2 is 2.09 bits per heavy atom. The zero-order valence-electron chi connectivity index (χ0n) is 14.2. The third-order valence-electron chi connectivity index (χ3n) is 4.27. The molecule has 1 amide bonds. The minimum absolute atomic E-state index is 0.251. The van der Waals surface area contributed by atoms with Gasteiger partial charge in [-0.3, -0.25) is 4.79 Å². The van der Waals surface area contributed by atoms with Crippen molar-refractivity contribution in [2.75, 3.05) is 13.1 Å². The summed E-state index contributed by atoms with van der Waals surface area (Å²) in [5.74, 6) is 0.251. The number of hydrogen-bond donors (Lipinski definition) is 1. The van der Waals surface area contributed by atoms with E-state index in [2.05, 4.69) is 42.9 Å². The summed E-state index contributed by atoms with van der Waals surface area (Å²) in [6.45, 7) is 7.36. The molecule has 2 rings (SSSR count). The van der Waals surface area contributed by atoms with Gasteiger partial charge in [0.1, 0.15) is 0 Å². The average molecular weight is 312 g/mol. The first-order valence-electron chi connectivity index (χ1n) is 8.70. The van der Waals surface area contributed by atoms with Crippen LogP contribution in [0.5, 0.6) is 0 Å². The Kier molecular flexibility index (Phi) is 6.92. The number of H-pyrrole nitrogens is 1. The van der Waals surface area contributed by atoms with E-state index in [0.717, 1.165) is 31.3 Å². The molecule has 0 atom stereocenters. The summed E-state index contributed by atoms with van der Waals surface area (Å²) >= 11 is 0. The Bertz CT molecular complexity index is 629. The molecule has 1 N–H and O–H groups in total. The fraction of sp³-hybridized carbons (Fsp3) is 0.450. The number of carbonyl (C=O) groups excluding carboxylic acids is 1. The molecule has 0 saturated carbocycles. The Morgan fingerprint density at radius 3 is 2.87 bits per heavy atom. The number of carbonyl (C=O) groups is 1. The number of nitrogens with one attached hydrogen (secondary N) is 1. The number of rotatable bonds is 10. The molecule has 0 bridgehead atoms. The molecule has 0 unspecified atom stereocenters. The van der Waals surface area contributed by atoms with Crippen LogP contribution in [-0.2, 0) is 11.2 Å². The Hall–Kier alpha value is -2.03. The van der Waals surface area contributed by atoms with Crippen LogP contribution in [0.25, 0.3) is 10.9 Å². The molecule has 124 valence electrons. The van der Waals surface area contributed by atoms with Crippen LogP contribution in [0, 0.1) is 0 Å². The van der Waals surface area contributed by atoms with Crippen molar-refractivity contribution in [2.45, 2.75) is 45.4 Å². The predicted molar refractivity (Wildman–Crippen MR) is 97.5 cm³/mol. The van der Waals surface area contributed by atoms with E-state index in [9.17, 15) is 4.79 Å². The van der Waals surface area contributed by atoms with Gasteiger partial charge in [-0.25, -0.2) is 0 Å². The van der Waals surface area contributed by atoms with E-state index in [1.165, 1.54) is 23.8 Å². The molecule has 1 aromatic heterocycles. The molecular formula is C20H28N2O. The van der Waals surface area contributed by atoms with Crippen molar-refractivity contribution in [1.82, 2.24) is 9.88 Å². The summed E-state index contributed by atoms with van der Waals surface area (Å²) in [6, 6.07) is 8.30. The van der Waals surface area contributed by atoms with Gasteiger partial charge in [-0.1, -0.05) is 50.5 Å². The van der Waals surface area contributed by atoms with Crippen LogP contribution in [-0.4, -0.2) is 28.9 Å². The Morgan fingerprint density at radius 1 is 1.26 bits per heavy atom. The zero-order valence-corrected chi connectivity index (χ0v) is 14.2. The third kappa shape index (κ3) is 4.98. The van der Waals surface area contributed by atoms with Gasteiger partial charge in [0.15, 0.2) is 0 Å². The highest BCUT2D eigenvalue weighted by molar-refractivity contribution is 5.83. The Balaban J connectivity index is 1.91. The van der Waals surface area contributed by atoms with E-state index in [1.54, 1.807) is 0 Å². The van der Waals surface area contributed by atoms with Crippen molar-refractivity contribution in [2.24, 2.45) is 0 Å². The predicted octanol–water partition coefficient (Wildman–Crippen LogP) is 4.70. The van der Waals surface area contributed by atoms with Crippen molar-refractivity contribution < 1.29 is 4.79 Å². The lowest BCUT2D eigenvalue weighted by molar-refractivity contribution is -0.130. The molecule has 1 heterocycles. The van der Waals surface area contributed by atoms with E-state index in [4.69, 9.17) is 0 Å². The third-order valence-corrected chi connectivity index (χ3v) is 4.27. The van der Waals surface area contributed by atoms with Crippen LogP contribution in [0.2, 0.25) is 0 Å². The number of fused-ring (bicyclic) bond motifs is 1. The highest BCUT2D eigenvalue weighted by Gasteiger charge is 2.12. The van der Waals surface area contributed by atoms with E-state index in [1.807, 2.05) is 17.0 Å². The lowest BCUT2D eigenvalue weighted by Crippen LogP contribution is -2.32. The number of benzene rings is 1. The summed E-state index contributed by atoms with van der Waals surface area (Å²) in [5.41, 5.74) is 2.43. The van der Waals surface area contributed by atoms with E-state index < -0.39 is 0 Å². The molecule has 0 saturated heterocycles. The second-order valence-electron chi connectivity index (χ2n) is 6.05. The van der Waals surface area contributed by atoms with Gasteiger partial charge < -0.3 is 9.88 Å². The molecule has 0 radical (unpaired) electrons. The molecule has 1 aromatic carbocycles. The maximum Gasteiger partial charge on any atom is 0.222 e. The van der Waals surface area contributed by atoms with E-state index in [-0.39, 0.29) is 5.91 Å². The van der Waals surface area contributed by atoms with Crippen molar-refractivity contribution in [3.63, 3.8) is 0 Å². The van der Waals surface area contributed by atoms with Gasteiger partial charge in [-0.05, 0) is 24.5 Å². The summed E-state index contributed by atoms with van der Waals surface area (Å²) in [5, 5.41) is 1.25. The molecule has 0 aliphatic heterocycles. The molecule has 3 heteroatoms. The fourth-order valence-corrected chi connectivity index (χ4v) is 2.93. The highest BCUT2D eigenvalue weighted by atomic mass is 16.2. The molecular weight excluding hydrogens is 284 g/mol. The Labute approximate surface area is 139 Å². The van der Waals surface area contributed by atoms with Gasteiger partial charge in [0.25, 0.3) is 0 Å². The molecule has 0 spiro atoms. The SMILES string of the molecule is C=CCN(CCc1c[nH]c2ccccc12)C(=O)CCCCCC. The van der Waals surface area contributed by atoms with Crippen molar-refractivity contribution in [3.8, 4) is 0 Å². The molecule has 0 fully saturated rings. The number of nitrogens with zero attached hydrogens (tertiary/aromatic N) is 1.